The molecule has 0 bridgehead atoms. The maximum Gasteiger partial charge on any atom is 0.234 e. The number of anilines is 1. The summed E-state index contributed by atoms with van der Waals surface area (Å²) in [6.07, 6.45) is 0.736. The Morgan fingerprint density at radius 1 is 0.487 bits per heavy atom. The van der Waals surface area contributed by atoms with Crippen LogP contribution in [0.5, 0.6) is 11.5 Å². The molecule has 12 heteroatoms. The second kappa shape index (κ2) is 24.1. The molecule has 0 amide bonds. The minimum atomic E-state index is -0.447. The number of hydrogen-bond donors (Lipinski definition) is 3. The van der Waals surface area contributed by atoms with E-state index in [0.29, 0.717) is 16.7 Å². The summed E-state index contributed by atoms with van der Waals surface area (Å²) < 4.78 is 5.88. The number of aromatic hydroxyl groups is 2. The lowest BCUT2D eigenvalue weighted by molar-refractivity contribution is 0.0815. The number of benzene rings is 9. The van der Waals surface area contributed by atoms with Crippen molar-refractivity contribution < 1.29 is 24.6 Å². The van der Waals surface area contributed by atoms with Crippen LogP contribution < -0.4 is 5.73 Å². The molecule has 11 rings (SSSR count). The van der Waals surface area contributed by atoms with E-state index in [2.05, 4.69) is 183 Å². The van der Waals surface area contributed by atoms with Gasteiger partial charge in [0.2, 0.25) is 11.6 Å². The highest BCUT2D eigenvalue weighted by molar-refractivity contribution is 9.11. The summed E-state index contributed by atoms with van der Waals surface area (Å²) in [5.41, 5.74) is 16.4. The number of carbonyl (C=O) groups excluding carboxylic acids is 3. The average molecular weight is 1270 g/mol. The maximum atomic E-state index is 12.1. The van der Waals surface area contributed by atoms with Crippen molar-refractivity contribution in [3.05, 3.63) is 216 Å². The summed E-state index contributed by atoms with van der Waals surface area (Å²) in [6.45, 7) is 13.3. The molecule has 8 nitrogen and oxygen atoms in total. The molecule has 76 heavy (non-hydrogen) atoms. The first-order chi connectivity index (χ1) is 35.1. The van der Waals surface area contributed by atoms with E-state index in [1.165, 1.54) is 28.6 Å². The van der Waals surface area contributed by atoms with E-state index in [1.54, 1.807) is 36.4 Å². The third kappa shape index (κ3) is 12.9. The molecule has 0 fully saturated rings. The molecule has 0 radical (unpaired) electrons. The van der Waals surface area contributed by atoms with Crippen LogP contribution in [-0.2, 0) is 10.8 Å². The molecule has 0 saturated heterocycles. The lowest BCUT2D eigenvalue weighted by atomic mass is 9.84. The third-order valence-corrected chi connectivity index (χ3v) is 14.5. The molecule has 1 aliphatic rings. The molecule has 10 aromatic rings. The first-order valence-electron chi connectivity index (χ1n) is 23.5. The highest BCUT2D eigenvalue weighted by Gasteiger charge is 2.30. The van der Waals surface area contributed by atoms with Gasteiger partial charge in [0.15, 0.2) is 0 Å². The Kier molecular flexibility index (Phi) is 18.6. The number of aromatic nitrogens is 2. The second-order valence-electron chi connectivity index (χ2n) is 19.8. The quantitative estimate of drug-likeness (QED) is 0.0694. The van der Waals surface area contributed by atoms with Gasteiger partial charge >= 0.3 is 0 Å². The number of imidazole rings is 1. The molecule has 4 N–H and O–H groups in total. The van der Waals surface area contributed by atoms with Crippen molar-refractivity contribution in [1.29, 1.82) is 0 Å². The van der Waals surface area contributed by atoms with Gasteiger partial charge in [-0.15, -0.1) is 0 Å². The normalized spacial score (nSPS) is 11.6. The van der Waals surface area contributed by atoms with Crippen LogP contribution >= 0.6 is 63.7 Å². The number of halogens is 4. The number of phenols is 2. The van der Waals surface area contributed by atoms with Crippen LogP contribution in [0.3, 0.4) is 0 Å². The van der Waals surface area contributed by atoms with Gasteiger partial charge in [-0.05, 0) is 165 Å². The molecule has 0 atom stereocenters. The van der Waals surface area contributed by atoms with Gasteiger partial charge in [-0.25, -0.2) is 4.98 Å². The Bertz CT molecular complexity index is 3680. The Morgan fingerprint density at radius 2 is 0.895 bits per heavy atom. The zero-order valence-electron chi connectivity index (χ0n) is 41.3. The molecule has 0 spiro atoms. The van der Waals surface area contributed by atoms with Gasteiger partial charge in [0.1, 0.15) is 23.6 Å². The number of aldehydes is 1. The number of fused-ring (bicyclic) bond motifs is 9. The lowest BCUT2D eigenvalue weighted by Gasteiger charge is -2.20. The first-order valence-corrected chi connectivity index (χ1v) is 26.7. The minimum absolute atomic E-state index is 0. The van der Waals surface area contributed by atoms with Crippen molar-refractivity contribution >= 4 is 120 Å². The second-order valence-corrected chi connectivity index (χ2v) is 23.5. The smallest absolute Gasteiger partial charge is 0.234 e. The van der Waals surface area contributed by atoms with Crippen LogP contribution in [0, 0.1) is 0 Å². The highest BCUT2D eigenvalue weighted by atomic mass is 79.9. The molecule has 1 aromatic heterocycles. The van der Waals surface area contributed by atoms with Crippen molar-refractivity contribution in [2.75, 3.05) is 5.73 Å². The van der Waals surface area contributed by atoms with Gasteiger partial charge in [0, 0.05) is 62.3 Å². The number of nitrogens with zero attached hydrogens (tertiary/aromatic N) is 2. The monoisotopic (exact) mass is 1270 g/mol. The van der Waals surface area contributed by atoms with Gasteiger partial charge in [0.25, 0.3) is 0 Å². The summed E-state index contributed by atoms with van der Waals surface area (Å²) in [5.74, 6) is 0.358. The number of phenolic OH excluding ortho intramolecular Hbond substituents is 2. The van der Waals surface area contributed by atoms with E-state index >= 15 is 0 Å². The third-order valence-electron chi connectivity index (χ3n) is 12.5. The van der Waals surface area contributed by atoms with E-state index in [9.17, 15) is 19.5 Å². The molecule has 0 unspecified atom stereocenters. The predicted octanol–water partition coefficient (Wildman–Crippen LogP) is 18.8. The maximum absolute atomic E-state index is 12.1. The molecular weight excluding hydrogens is 1210 g/mol. The fraction of sp³-hybridized carbons (Fsp3) is 0.156. The number of carbonyl (C=O) groups is 3. The topological polar surface area (TPSA) is 136 Å². The van der Waals surface area contributed by atoms with E-state index in [-0.39, 0.29) is 37.2 Å². The fourth-order valence-electron chi connectivity index (χ4n) is 8.58. The number of rotatable bonds is 3. The van der Waals surface area contributed by atoms with Crippen LogP contribution in [0.25, 0.3) is 60.8 Å². The molecule has 1 aliphatic carbocycles. The molecular formula is C64H59Br4N3O5. The van der Waals surface area contributed by atoms with Gasteiger partial charge in [-0.3, -0.25) is 19.0 Å². The number of Topliss-reactive ketones (excluding diaryl/α,β-unsaturated/α-hetero) is 2. The summed E-state index contributed by atoms with van der Waals surface area (Å²) >= 11 is 14.0. The van der Waals surface area contributed by atoms with E-state index in [0.717, 1.165) is 85.3 Å². The summed E-state index contributed by atoms with van der Waals surface area (Å²) in [5, 5.41) is 23.3. The van der Waals surface area contributed by atoms with Crippen LogP contribution in [-0.4, -0.2) is 37.6 Å². The van der Waals surface area contributed by atoms with E-state index in [1.807, 2.05) is 48.5 Å². The van der Waals surface area contributed by atoms with Crippen LogP contribution in [0.15, 0.2) is 188 Å². The fourth-order valence-corrected chi connectivity index (χ4v) is 10.0. The number of hydrogen-bond acceptors (Lipinski definition) is 7. The highest BCUT2D eigenvalue weighted by Crippen LogP contribution is 2.42. The van der Waals surface area contributed by atoms with Gasteiger partial charge < -0.3 is 15.9 Å². The molecule has 1 heterocycles. The van der Waals surface area contributed by atoms with E-state index in [4.69, 9.17) is 15.8 Å². The zero-order chi connectivity index (χ0) is 53.2. The molecule has 388 valence electrons. The Balaban J connectivity index is 0.000000194. The SMILES string of the molecule is C.C.CC(C)(C)c1ccc(-n2c(-c3ccc(O)cc3)nc3c4cc(Br)ccc4c4ccc(Br)cc4c32)cc1.CC(C)(C)c1ccc(N)cc1.O=C1C(=O)c2cc(Br)ccc2-c2ccc(Br)cc21.O=Cc1ccc(O)cc1. The first kappa shape index (κ1) is 58.6. The number of nitrogens with two attached hydrogens (primary N) is 1. The standard InChI is InChI=1S/C31H24Br2N2O.C14H6Br2O2.C10H15N.C7H6O2.2CH4/c1-31(2,3)19-6-10-22(11-7-19)35-29-27-17-21(33)9-15-25(27)24-14-8-20(32)16-26(24)28(29)34-30(35)18-4-12-23(36)13-5-18;15-7-1-3-9-10-4-2-8(16)6-12(10)14(18)13(17)11(9)5-7;1-10(2,3)8-4-6-9(11)7-5-8;8-5-6-1-3-7(9)4-2-6;;/h4-17,36H,1-3H3;1-6H;4-7H,11H2,1-3H3;1-5,9H;2*1H4. The number of nitrogen functional groups attached to an aromatic ring is 1. The Hall–Kier alpha value is -6.70. The lowest BCUT2D eigenvalue weighted by Crippen LogP contribution is -2.21. The van der Waals surface area contributed by atoms with Crippen molar-refractivity contribution in [3.8, 4) is 39.7 Å². The zero-order valence-corrected chi connectivity index (χ0v) is 47.7. The summed E-state index contributed by atoms with van der Waals surface area (Å²) in [6, 6.07) is 53.8. The Morgan fingerprint density at radius 3 is 1.36 bits per heavy atom. The summed E-state index contributed by atoms with van der Waals surface area (Å²) in [4.78, 5) is 39.4. The number of ketones is 2. The predicted molar refractivity (Wildman–Crippen MR) is 330 cm³/mol. The van der Waals surface area contributed by atoms with E-state index < -0.39 is 11.6 Å². The molecule has 0 aliphatic heterocycles. The van der Waals surface area contributed by atoms with Crippen LogP contribution in [0.4, 0.5) is 5.69 Å². The van der Waals surface area contributed by atoms with Gasteiger partial charge in [-0.2, -0.15) is 0 Å². The summed E-state index contributed by atoms with van der Waals surface area (Å²) in [7, 11) is 0. The van der Waals surface area contributed by atoms with Crippen molar-refractivity contribution in [3.63, 3.8) is 0 Å². The average Bonchev–Trinajstić information content (AvgIpc) is 3.78. The van der Waals surface area contributed by atoms with Crippen molar-refractivity contribution in [2.45, 2.75) is 67.2 Å². The van der Waals surface area contributed by atoms with Gasteiger partial charge in [0.05, 0.1) is 11.0 Å². The van der Waals surface area contributed by atoms with Crippen LogP contribution in [0.1, 0.15) is 98.6 Å². The van der Waals surface area contributed by atoms with Crippen LogP contribution in [0.2, 0.25) is 0 Å². The largest absolute Gasteiger partial charge is 0.508 e. The minimum Gasteiger partial charge on any atom is -0.508 e. The van der Waals surface area contributed by atoms with Gasteiger partial charge in [-0.1, -0.05) is 169 Å². The van der Waals surface area contributed by atoms with Crippen molar-refractivity contribution in [2.24, 2.45) is 0 Å². The van der Waals surface area contributed by atoms with Crippen molar-refractivity contribution in [1.82, 2.24) is 9.55 Å². The Labute approximate surface area is 478 Å². The molecule has 0 saturated carbocycles. The molecule has 9 aromatic carbocycles.